The van der Waals surface area contributed by atoms with Crippen LogP contribution in [0, 0.1) is 0 Å². The summed E-state index contributed by atoms with van der Waals surface area (Å²) in [6.07, 6.45) is 1.68. The Morgan fingerprint density at radius 2 is 1.74 bits per heavy atom. The summed E-state index contributed by atoms with van der Waals surface area (Å²) in [5.41, 5.74) is 9.77. The molecule has 0 saturated carbocycles. The van der Waals surface area contributed by atoms with Gasteiger partial charge in [0.25, 0.3) is 0 Å². The minimum absolute atomic E-state index is 0.0266. The van der Waals surface area contributed by atoms with Crippen molar-refractivity contribution in [2.45, 2.75) is 6.04 Å². The van der Waals surface area contributed by atoms with Gasteiger partial charge in [0.05, 0.1) is 39.3 Å². The van der Waals surface area contributed by atoms with Gasteiger partial charge in [-0.15, -0.1) is 0 Å². The van der Waals surface area contributed by atoms with Gasteiger partial charge in [-0.2, -0.15) is 9.97 Å². The van der Waals surface area contributed by atoms with Crippen molar-refractivity contribution in [3.05, 3.63) is 54.2 Å². The number of nitrogens with two attached hydrogens (primary N) is 1. The Morgan fingerprint density at radius 3 is 2.49 bits per heavy atom. The maximum Gasteiger partial charge on any atom is 0.224 e. The third-order valence-electron chi connectivity index (χ3n) is 6.10. The third-order valence-corrected chi connectivity index (χ3v) is 6.10. The van der Waals surface area contributed by atoms with Crippen LogP contribution in [0.5, 0.6) is 17.2 Å². The van der Waals surface area contributed by atoms with E-state index >= 15 is 0 Å². The fraction of sp³-hybridized carbons (Fsp3) is 0.280. The Morgan fingerprint density at radius 1 is 0.943 bits per heavy atom. The number of ether oxygens (including phenoxy) is 3. The molecule has 1 unspecified atom stereocenters. The molecule has 3 N–H and O–H groups in total. The van der Waals surface area contributed by atoms with Crippen LogP contribution in [0.15, 0.2) is 48.7 Å². The van der Waals surface area contributed by atoms with Crippen molar-refractivity contribution in [1.82, 2.24) is 25.3 Å². The summed E-state index contributed by atoms with van der Waals surface area (Å²) < 4.78 is 16.1. The fourth-order valence-electron chi connectivity index (χ4n) is 4.33. The lowest BCUT2D eigenvalue weighted by Crippen LogP contribution is -2.46. The molecule has 4 aromatic rings. The monoisotopic (exact) mass is 473 g/mol. The van der Waals surface area contributed by atoms with E-state index < -0.39 is 0 Å². The average molecular weight is 474 g/mol. The van der Waals surface area contributed by atoms with Crippen molar-refractivity contribution in [3.8, 4) is 28.5 Å². The predicted octanol–water partition coefficient (Wildman–Crippen LogP) is 2.85. The van der Waals surface area contributed by atoms with Gasteiger partial charge < -0.3 is 30.2 Å². The van der Waals surface area contributed by atoms with Crippen molar-refractivity contribution < 1.29 is 14.2 Å². The van der Waals surface area contributed by atoms with Crippen LogP contribution < -0.4 is 30.2 Å². The second kappa shape index (κ2) is 9.59. The molecule has 10 nitrogen and oxygen atoms in total. The summed E-state index contributed by atoms with van der Waals surface area (Å²) in [7, 11) is 4.87. The Hall–Kier alpha value is -4.18. The number of rotatable bonds is 6. The first-order valence-electron chi connectivity index (χ1n) is 11.2. The average Bonchev–Trinajstić information content (AvgIpc) is 2.92. The van der Waals surface area contributed by atoms with Crippen LogP contribution in [0.4, 0.5) is 11.8 Å². The second-order valence-electron chi connectivity index (χ2n) is 8.09. The number of nitrogen functional groups attached to an aromatic ring is 1. The molecule has 0 bridgehead atoms. The van der Waals surface area contributed by atoms with E-state index in [1.807, 2.05) is 30.3 Å². The van der Waals surface area contributed by atoms with Gasteiger partial charge in [0.2, 0.25) is 5.95 Å². The highest BCUT2D eigenvalue weighted by Crippen LogP contribution is 2.35. The number of nitrogens with zero attached hydrogens (tertiary/aromatic N) is 5. The summed E-state index contributed by atoms with van der Waals surface area (Å²) in [4.78, 5) is 20.7. The molecule has 10 heteroatoms. The lowest BCUT2D eigenvalue weighted by molar-refractivity contribution is 0.355. The van der Waals surface area contributed by atoms with E-state index in [1.165, 1.54) is 0 Å². The quantitative estimate of drug-likeness (QED) is 0.432. The van der Waals surface area contributed by atoms with E-state index in [2.05, 4.69) is 37.3 Å². The van der Waals surface area contributed by atoms with Crippen LogP contribution in [0.2, 0.25) is 0 Å². The van der Waals surface area contributed by atoms with Crippen LogP contribution >= 0.6 is 0 Å². The van der Waals surface area contributed by atoms with Gasteiger partial charge >= 0.3 is 0 Å². The number of aromatic nitrogens is 4. The number of hydrogen-bond donors (Lipinski definition) is 2. The molecule has 0 spiro atoms. The topological polar surface area (TPSA) is 121 Å². The molecule has 0 aliphatic carbocycles. The summed E-state index contributed by atoms with van der Waals surface area (Å²) in [6.45, 7) is 2.28. The molecule has 1 aliphatic heterocycles. The molecule has 180 valence electrons. The van der Waals surface area contributed by atoms with Crippen LogP contribution in [-0.4, -0.2) is 60.9 Å². The molecule has 35 heavy (non-hydrogen) atoms. The molecular weight excluding hydrogens is 446 g/mol. The maximum atomic E-state index is 6.09. The fourth-order valence-corrected chi connectivity index (χ4v) is 4.33. The van der Waals surface area contributed by atoms with Crippen LogP contribution in [0.3, 0.4) is 0 Å². The highest BCUT2D eigenvalue weighted by atomic mass is 16.5. The number of anilines is 2. The summed E-state index contributed by atoms with van der Waals surface area (Å²) in [6, 6.07) is 13.7. The Balaban J connectivity index is 1.61. The lowest BCUT2D eigenvalue weighted by atomic mass is 10.0. The molecule has 2 aromatic carbocycles. The first-order valence-corrected chi connectivity index (χ1v) is 11.2. The first-order chi connectivity index (χ1) is 17.1. The zero-order valence-corrected chi connectivity index (χ0v) is 19.9. The van der Waals surface area contributed by atoms with E-state index in [0.29, 0.717) is 34.2 Å². The van der Waals surface area contributed by atoms with Gasteiger partial charge in [-0.3, -0.25) is 0 Å². The van der Waals surface area contributed by atoms with E-state index in [0.717, 1.165) is 36.5 Å². The van der Waals surface area contributed by atoms with Gasteiger partial charge in [-0.05, 0) is 35.9 Å². The van der Waals surface area contributed by atoms with Gasteiger partial charge in [0.15, 0.2) is 28.5 Å². The number of piperazine rings is 1. The van der Waals surface area contributed by atoms with E-state index in [1.54, 1.807) is 27.5 Å². The normalized spacial score (nSPS) is 15.7. The Labute approximate surface area is 203 Å². The molecule has 1 aliphatic rings. The molecule has 0 amide bonds. The second-order valence-corrected chi connectivity index (χ2v) is 8.09. The molecule has 5 rings (SSSR count). The molecule has 2 aromatic heterocycles. The van der Waals surface area contributed by atoms with Gasteiger partial charge in [-0.25, -0.2) is 9.97 Å². The van der Waals surface area contributed by atoms with Crippen LogP contribution in [0.25, 0.3) is 22.4 Å². The minimum Gasteiger partial charge on any atom is -0.497 e. The lowest BCUT2D eigenvalue weighted by Gasteiger charge is -2.37. The van der Waals surface area contributed by atoms with E-state index in [4.69, 9.17) is 24.9 Å². The van der Waals surface area contributed by atoms with Gasteiger partial charge in [0.1, 0.15) is 5.75 Å². The summed E-state index contributed by atoms with van der Waals surface area (Å²) >= 11 is 0. The smallest absolute Gasteiger partial charge is 0.224 e. The van der Waals surface area contributed by atoms with Crippen molar-refractivity contribution in [1.29, 1.82) is 0 Å². The standard InChI is InChI=1S/C25H27N7O3/c1-33-17-7-4-15(5-8-17)19-14-27-10-11-32(19)24-22-23(30-25(26)31-24)28-13-18(29-22)16-6-9-20(34-2)21(12-16)35-3/h4-9,12-13,19,27H,10-11,14H2,1-3H3,(H2,26,28,30,31). The minimum atomic E-state index is 0.0266. The van der Waals surface area contributed by atoms with Crippen LogP contribution in [-0.2, 0) is 0 Å². The van der Waals surface area contributed by atoms with Crippen molar-refractivity contribution in [3.63, 3.8) is 0 Å². The van der Waals surface area contributed by atoms with E-state index in [-0.39, 0.29) is 12.0 Å². The molecule has 1 saturated heterocycles. The number of fused-ring (bicyclic) bond motifs is 1. The zero-order chi connectivity index (χ0) is 24.4. The van der Waals surface area contributed by atoms with Gasteiger partial charge in [0, 0.05) is 25.2 Å². The Bertz CT molecular complexity index is 1350. The van der Waals surface area contributed by atoms with E-state index in [9.17, 15) is 0 Å². The highest BCUT2D eigenvalue weighted by Gasteiger charge is 2.28. The molecule has 1 fully saturated rings. The predicted molar refractivity (Wildman–Crippen MR) is 134 cm³/mol. The first kappa shape index (κ1) is 22.6. The van der Waals surface area contributed by atoms with Gasteiger partial charge in [-0.1, -0.05) is 12.1 Å². The molecule has 3 heterocycles. The number of hydrogen-bond acceptors (Lipinski definition) is 10. The highest BCUT2D eigenvalue weighted by molar-refractivity contribution is 5.86. The molecule has 1 atom stereocenters. The largest absolute Gasteiger partial charge is 0.497 e. The van der Waals surface area contributed by atoms with Crippen molar-refractivity contribution in [2.75, 3.05) is 51.6 Å². The third kappa shape index (κ3) is 4.35. The summed E-state index contributed by atoms with van der Waals surface area (Å²) in [5, 5.41) is 3.48. The maximum absolute atomic E-state index is 6.09. The van der Waals surface area contributed by atoms with Crippen molar-refractivity contribution in [2.24, 2.45) is 0 Å². The van der Waals surface area contributed by atoms with Crippen LogP contribution in [0.1, 0.15) is 11.6 Å². The number of benzene rings is 2. The number of nitrogens with one attached hydrogen (secondary N) is 1. The SMILES string of the molecule is COc1ccc(C2CNCCN2c2nc(N)nc3ncc(-c4ccc(OC)c(OC)c4)nc23)cc1. The zero-order valence-electron chi connectivity index (χ0n) is 19.9. The van der Waals surface area contributed by atoms with Crippen molar-refractivity contribution >= 4 is 22.9 Å². The molecule has 0 radical (unpaired) electrons. The summed E-state index contributed by atoms with van der Waals surface area (Å²) in [5.74, 6) is 2.89. The Kier molecular flexibility index (Phi) is 6.19. The molecular formula is C25H27N7O3. The number of methoxy groups -OCH3 is 3.